The Kier molecular flexibility index (Phi) is 6.06. The third-order valence-corrected chi connectivity index (χ3v) is 2.24. The fourth-order valence-electron chi connectivity index (χ4n) is 0.522. The zero-order chi connectivity index (χ0) is 8.69. The van der Waals surface area contributed by atoms with Crippen LogP contribution in [0.15, 0.2) is 5.16 Å². The van der Waals surface area contributed by atoms with Gasteiger partial charge < -0.3 is 16.3 Å². The minimum Gasteiger partial charge on any atom is -0.409 e. The Morgan fingerprint density at radius 1 is 1.82 bits per heavy atom. The van der Waals surface area contributed by atoms with Crippen LogP contribution in [0, 0.1) is 0 Å². The van der Waals surface area contributed by atoms with Gasteiger partial charge in [0.15, 0.2) is 5.84 Å². The van der Waals surface area contributed by atoms with Gasteiger partial charge in [-0.3, -0.25) is 0 Å². The minimum atomic E-state index is 0.221. The molecule has 0 aliphatic carbocycles. The Morgan fingerprint density at radius 3 is 2.91 bits per heavy atom. The molecule has 1 unspecified atom stereocenters. The smallest absolute Gasteiger partial charge is 0.153 e. The second kappa shape index (κ2) is 6.30. The van der Waals surface area contributed by atoms with Gasteiger partial charge in [-0.25, -0.2) is 0 Å². The van der Waals surface area contributed by atoms with Crippen molar-refractivity contribution in [1.29, 1.82) is 0 Å². The molecule has 0 spiro atoms. The van der Waals surface area contributed by atoms with E-state index >= 15 is 0 Å². The van der Waals surface area contributed by atoms with Crippen LogP contribution < -0.4 is 11.1 Å². The predicted molar refractivity (Wildman–Crippen MR) is 49.3 cm³/mol. The van der Waals surface area contributed by atoms with Crippen LogP contribution in [0.1, 0.15) is 6.92 Å². The summed E-state index contributed by atoms with van der Waals surface area (Å²) in [5.74, 6) is 0.221. The standard InChI is InChI=1S/C6H15N3OS/c1-5(11-2)3-8-4-6(7)9-10/h5,8,10H,3-4H2,1-2H3,(H2,7,9). The lowest BCUT2D eigenvalue weighted by molar-refractivity contribution is 0.317. The first kappa shape index (κ1) is 10.6. The normalized spacial score (nSPS) is 14.9. The molecule has 0 heterocycles. The molecule has 0 radical (unpaired) electrons. The second-order valence-electron chi connectivity index (χ2n) is 2.27. The van der Waals surface area contributed by atoms with Gasteiger partial charge >= 0.3 is 0 Å². The van der Waals surface area contributed by atoms with Crippen LogP contribution in [0.25, 0.3) is 0 Å². The quantitative estimate of drug-likeness (QED) is 0.241. The third kappa shape index (κ3) is 6.00. The van der Waals surface area contributed by atoms with Crippen LogP contribution in [-0.2, 0) is 0 Å². The van der Waals surface area contributed by atoms with Crippen molar-refractivity contribution in [3.05, 3.63) is 0 Å². The van der Waals surface area contributed by atoms with Gasteiger partial charge in [0.05, 0.1) is 6.54 Å². The van der Waals surface area contributed by atoms with Gasteiger partial charge in [-0.15, -0.1) is 0 Å². The maximum Gasteiger partial charge on any atom is 0.153 e. The molecule has 0 amide bonds. The number of amidine groups is 1. The number of rotatable bonds is 5. The SMILES string of the molecule is CSC(C)CNCC(N)=NO. The van der Waals surface area contributed by atoms with Crippen LogP contribution in [-0.4, -0.2) is 35.6 Å². The van der Waals surface area contributed by atoms with Crippen molar-refractivity contribution in [3.8, 4) is 0 Å². The van der Waals surface area contributed by atoms with Crippen LogP contribution in [0.4, 0.5) is 0 Å². The molecule has 4 nitrogen and oxygen atoms in total. The van der Waals surface area contributed by atoms with Gasteiger partial charge in [-0.2, -0.15) is 11.8 Å². The molecule has 0 saturated heterocycles. The van der Waals surface area contributed by atoms with E-state index in [9.17, 15) is 0 Å². The van der Waals surface area contributed by atoms with Crippen molar-refractivity contribution in [1.82, 2.24) is 5.32 Å². The molecule has 0 fully saturated rings. The van der Waals surface area contributed by atoms with Crippen molar-refractivity contribution in [2.45, 2.75) is 12.2 Å². The highest BCUT2D eigenvalue weighted by Crippen LogP contribution is 2.01. The monoisotopic (exact) mass is 177 g/mol. The first-order chi connectivity index (χ1) is 5.20. The highest BCUT2D eigenvalue weighted by molar-refractivity contribution is 7.99. The van der Waals surface area contributed by atoms with Gasteiger partial charge in [0.1, 0.15) is 0 Å². The van der Waals surface area contributed by atoms with Crippen molar-refractivity contribution >= 4 is 17.6 Å². The van der Waals surface area contributed by atoms with E-state index in [-0.39, 0.29) is 5.84 Å². The lowest BCUT2D eigenvalue weighted by Gasteiger charge is -2.08. The zero-order valence-electron chi connectivity index (χ0n) is 6.87. The van der Waals surface area contributed by atoms with Crippen LogP contribution in [0.5, 0.6) is 0 Å². The third-order valence-electron chi connectivity index (χ3n) is 1.27. The number of oxime groups is 1. The molecule has 0 aliphatic heterocycles. The first-order valence-corrected chi connectivity index (χ1v) is 4.69. The molecule has 66 valence electrons. The fraction of sp³-hybridized carbons (Fsp3) is 0.833. The number of hydrogen-bond acceptors (Lipinski definition) is 4. The molecule has 1 atom stereocenters. The topological polar surface area (TPSA) is 70.6 Å². The molecule has 0 saturated carbocycles. The fourth-order valence-corrected chi connectivity index (χ4v) is 0.807. The Balaban J connectivity index is 3.27. The summed E-state index contributed by atoms with van der Waals surface area (Å²) in [4.78, 5) is 0. The molecule has 0 aromatic heterocycles. The Morgan fingerprint density at radius 2 is 2.45 bits per heavy atom. The van der Waals surface area contributed by atoms with Crippen molar-refractivity contribution in [2.24, 2.45) is 10.9 Å². The van der Waals surface area contributed by atoms with E-state index in [1.807, 2.05) is 0 Å². The number of thioether (sulfide) groups is 1. The largest absolute Gasteiger partial charge is 0.409 e. The number of nitrogens with zero attached hydrogens (tertiary/aromatic N) is 1. The van der Waals surface area contributed by atoms with E-state index < -0.39 is 0 Å². The van der Waals surface area contributed by atoms with Crippen molar-refractivity contribution in [2.75, 3.05) is 19.3 Å². The highest BCUT2D eigenvalue weighted by atomic mass is 32.2. The zero-order valence-corrected chi connectivity index (χ0v) is 7.69. The maximum atomic E-state index is 8.17. The average molecular weight is 177 g/mol. The Labute approximate surface area is 71.2 Å². The van der Waals surface area contributed by atoms with Gasteiger partial charge in [0.25, 0.3) is 0 Å². The lowest BCUT2D eigenvalue weighted by atomic mass is 10.4. The molecular weight excluding hydrogens is 162 g/mol. The Bertz CT molecular complexity index is 129. The van der Waals surface area contributed by atoms with Gasteiger partial charge in [-0.05, 0) is 6.26 Å². The number of hydrogen-bond donors (Lipinski definition) is 3. The summed E-state index contributed by atoms with van der Waals surface area (Å²) in [5.41, 5.74) is 5.23. The van der Waals surface area contributed by atoms with E-state index in [1.165, 1.54) is 0 Å². The summed E-state index contributed by atoms with van der Waals surface area (Å²) in [6, 6.07) is 0. The van der Waals surface area contributed by atoms with Gasteiger partial charge in [-0.1, -0.05) is 12.1 Å². The summed E-state index contributed by atoms with van der Waals surface area (Å²) in [5, 5.41) is 14.6. The predicted octanol–water partition coefficient (Wildman–Crippen LogP) is 0.0739. The maximum absolute atomic E-state index is 8.17. The van der Waals surface area contributed by atoms with Crippen molar-refractivity contribution < 1.29 is 5.21 Å². The minimum absolute atomic E-state index is 0.221. The molecule has 0 bridgehead atoms. The van der Waals surface area contributed by atoms with Gasteiger partial charge in [0.2, 0.25) is 0 Å². The van der Waals surface area contributed by atoms with Crippen LogP contribution in [0.3, 0.4) is 0 Å². The summed E-state index contributed by atoms with van der Waals surface area (Å²) < 4.78 is 0. The number of nitrogens with one attached hydrogen (secondary N) is 1. The van der Waals surface area contributed by atoms with Gasteiger partial charge in [0, 0.05) is 11.8 Å². The Hall–Kier alpha value is -0.420. The average Bonchev–Trinajstić information content (AvgIpc) is 2.04. The molecule has 0 aliphatic rings. The first-order valence-electron chi connectivity index (χ1n) is 3.40. The molecule has 0 rings (SSSR count). The van der Waals surface area contributed by atoms with E-state index in [0.29, 0.717) is 11.8 Å². The summed E-state index contributed by atoms with van der Waals surface area (Å²) in [6.45, 7) is 3.43. The van der Waals surface area contributed by atoms with Crippen LogP contribution >= 0.6 is 11.8 Å². The lowest BCUT2D eigenvalue weighted by Crippen LogP contribution is -2.32. The highest BCUT2D eigenvalue weighted by Gasteiger charge is 1.98. The molecule has 5 heteroatoms. The molecule has 0 aromatic rings. The summed E-state index contributed by atoms with van der Waals surface area (Å²) >= 11 is 1.78. The second-order valence-corrected chi connectivity index (χ2v) is 3.54. The van der Waals surface area contributed by atoms with Crippen LogP contribution in [0.2, 0.25) is 0 Å². The molecule has 0 aromatic carbocycles. The van der Waals surface area contributed by atoms with Crippen molar-refractivity contribution in [3.63, 3.8) is 0 Å². The summed E-state index contributed by atoms with van der Waals surface area (Å²) in [6.07, 6.45) is 2.05. The van der Waals surface area contributed by atoms with E-state index in [0.717, 1.165) is 6.54 Å². The molecular formula is C6H15N3OS. The van der Waals surface area contributed by atoms with E-state index in [1.54, 1.807) is 11.8 Å². The van der Waals surface area contributed by atoms with E-state index in [4.69, 9.17) is 10.9 Å². The number of nitrogens with two attached hydrogens (primary N) is 1. The molecule has 11 heavy (non-hydrogen) atoms. The molecule has 4 N–H and O–H groups in total. The summed E-state index contributed by atoms with van der Waals surface area (Å²) in [7, 11) is 0. The van der Waals surface area contributed by atoms with E-state index in [2.05, 4.69) is 23.7 Å².